The second kappa shape index (κ2) is 12.5. The zero-order chi connectivity index (χ0) is 30.6. The van der Waals surface area contributed by atoms with Crippen LogP contribution >= 0.6 is 0 Å². The van der Waals surface area contributed by atoms with Gasteiger partial charge in [-0.25, -0.2) is 8.42 Å². The summed E-state index contributed by atoms with van der Waals surface area (Å²) in [7, 11) is -4.14. The van der Waals surface area contributed by atoms with Gasteiger partial charge in [0.25, 0.3) is 5.91 Å². The molecule has 1 amide bonds. The molecule has 0 saturated heterocycles. The van der Waals surface area contributed by atoms with E-state index in [4.69, 9.17) is 0 Å². The number of rotatable bonds is 9. The summed E-state index contributed by atoms with van der Waals surface area (Å²) in [5.41, 5.74) is 0.767. The minimum absolute atomic E-state index is 0.0118. The van der Waals surface area contributed by atoms with Crippen molar-refractivity contribution in [2.75, 3.05) is 13.1 Å². The summed E-state index contributed by atoms with van der Waals surface area (Å²) in [6, 6.07) is 10.8. The van der Waals surface area contributed by atoms with E-state index in [0.29, 0.717) is 16.7 Å². The standard InChI is InChI=1S/C31H42N2O6S/c1-20(34)18-33(19-21(2)35)29(37)22-11-13-24(14-12-22)40(38,39)27(10-9-15-32)23-16-25(30(3,4)5)28(36)26(17-23)31(6,7)8/h10-14,16-17,20-21,34-36H,9,18-19H2,1-8H3/b27-10-. The lowest BCUT2D eigenvalue weighted by Gasteiger charge is -2.28. The van der Waals surface area contributed by atoms with Gasteiger partial charge in [0.05, 0.1) is 34.5 Å². The van der Waals surface area contributed by atoms with E-state index < -0.39 is 38.8 Å². The van der Waals surface area contributed by atoms with Gasteiger partial charge in [-0.2, -0.15) is 5.26 Å². The smallest absolute Gasteiger partial charge is 0.254 e. The number of allylic oxidation sites excluding steroid dienone is 1. The molecule has 2 unspecified atom stereocenters. The first kappa shape index (κ1) is 33.0. The summed E-state index contributed by atoms with van der Waals surface area (Å²) in [5, 5.41) is 39.9. The summed E-state index contributed by atoms with van der Waals surface area (Å²) in [6.07, 6.45) is -0.393. The first-order valence-corrected chi connectivity index (χ1v) is 14.7. The Morgan fingerprint density at radius 2 is 1.38 bits per heavy atom. The molecule has 9 heteroatoms. The molecule has 0 aliphatic rings. The van der Waals surface area contributed by atoms with Crippen LogP contribution in [0.15, 0.2) is 47.4 Å². The predicted molar refractivity (Wildman–Crippen MR) is 157 cm³/mol. The number of aliphatic hydroxyl groups excluding tert-OH is 2. The van der Waals surface area contributed by atoms with Crippen LogP contribution in [0.4, 0.5) is 0 Å². The molecule has 8 nitrogen and oxygen atoms in total. The second-order valence-electron chi connectivity index (χ2n) is 12.3. The zero-order valence-corrected chi connectivity index (χ0v) is 25.5. The van der Waals surface area contributed by atoms with Crippen molar-refractivity contribution in [1.82, 2.24) is 4.90 Å². The minimum atomic E-state index is -4.14. The van der Waals surface area contributed by atoms with Crippen molar-refractivity contribution in [3.8, 4) is 11.8 Å². The Kier molecular flexibility index (Phi) is 10.4. The lowest BCUT2D eigenvalue weighted by atomic mass is 9.78. The van der Waals surface area contributed by atoms with E-state index in [0.717, 1.165) is 0 Å². The Bertz CT molecular complexity index is 1340. The lowest BCUT2D eigenvalue weighted by Crippen LogP contribution is -2.40. The van der Waals surface area contributed by atoms with Crippen molar-refractivity contribution in [2.24, 2.45) is 0 Å². The molecule has 0 bridgehead atoms. The second-order valence-corrected chi connectivity index (χ2v) is 14.2. The van der Waals surface area contributed by atoms with Crippen LogP contribution in [-0.2, 0) is 20.7 Å². The highest BCUT2D eigenvalue weighted by Gasteiger charge is 2.30. The fraction of sp³-hybridized carbons (Fsp3) is 0.484. The molecule has 3 N–H and O–H groups in total. The Labute approximate surface area is 238 Å². The average Bonchev–Trinajstić information content (AvgIpc) is 2.82. The van der Waals surface area contributed by atoms with Crippen molar-refractivity contribution in [2.45, 2.75) is 89.7 Å². The average molecular weight is 571 g/mol. The topological polar surface area (TPSA) is 139 Å². The van der Waals surface area contributed by atoms with Crippen LogP contribution in [0, 0.1) is 11.3 Å². The van der Waals surface area contributed by atoms with E-state index in [1.54, 1.807) is 12.1 Å². The number of sulfone groups is 1. The van der Waals surface area contributed by atoms with E-state index in [-0.39, 0.29) is 40.6 Å². The van der Waals surface area contributed by atoms with E-state index in [2.05, 4.69) is 0 Å². The van der Waals surface area contributed by atoms with Gasteiger partial charge in [-0.1, -0.05) is 47.6 Å². The summed E-state index contributed by atoms with van der Waals surface area (Å²) in [6.45, 7) is 14.7. The number of aliphatic hydroxyl groups is 2. The molecule has 0 heterocycles. The molecule has 0 aliphatic carbocycles. The molecule has 0 spiro atoms. The van der Waals surface area contributed by atoms with Crippen LogP contribution in [0.5, 0.6) is 5.75 Å². The van der Waals surface area contributed by atoms with Gasteiger partial charge in [-0.05, 0) is 66.6 Å². The fourth-order valence-corrected chi connectivity index (χ4v) is 5.88. The number of phenols is 1. The molecule has 0 aliphatic heterocycles. The Balaban J connectivity index is 2.66. The maximum atomic E-state index is 13.9. The highest BCUT2D eigenvalue weighted by molar-refractivity contribution is 8.00. The predicted octanol–water partition coefficient (Wildman–Crippen LogP) is 4.92. The zero-order valence-electron chi connectivity index (χ0n) is 24.7. The molecule has 0 radical (unpaired) electrons. The maximum absolute atomic E-state index is 13.9. The number of nitrogens with zero attached hydrogens (tertiary/aromatic N) is 2. The van der Waals surface area contributed by atoms with Crippen LogP contribution in [0.25, 0.3) is 4.91 Å². The van der Waals surface area contributed by atoms with E-state index >= 15 is 0 Å². The van der Waals surface area contributed by atoms with E-state index in [1.165, 1.54) is 49.1 Å². The molecule has 40 heavy (non-hydrogen) atoms. The minimum Gasteiger partial charge on any atom is -0.507 e. The van der Waals surface area contributed by atoms with Crippen LogP contribution in [0.2, 0.25) is 0 Å². The van der Waals surface area contributed by atoms with Gasteiger partial charge in [0.15, 0.2) is 0 Å². The summed E-state index contributed by atoms with van der Waals surface area (Å²) >= 11 is 0. The first-order valence-electron chi connectivity index (χ1n) is 13.3. The van der Waals surface area contributed by atoms with Gasteiger partial charge in [0.2, 0.25) is 9.84 Å². The summed E-state index contributed by atoms with van der Waals surface area (Å²) < 4.78 is 27.9. The lowest BCUT2D eigenvalue weighted by molar-refractivity contribution is 0.0518. The van der Waals surface area contributed by atoms with Gasteiger partial charge >= 0.3 is 0 Å². The van der Waals surface area contributed by atoms with Crippen LogP contribution in [0.3, 0.4) is 0 Å². The van der Waals surface area contributed by atoms with Gasteiger partial charge in [0, 0.05) is 29.8 Å². The molecule has 2 aromatic rings. The van der Waals surface area contributed by atoms with Gasteiger partial charge < -0.3 is 20.2 Å². The monoisotopic (exact) mass is 570 g/mol. The number of nitriles is 1. The molecule has 0 saturated carbocycles. The molecular formula is C31H42N2O6S. The number of amides is 1. The van der Waals surface area contributed by atoms with Crippen molar-refractivity contribution in [3.63, 3.8) is 0 Å². The number of hydrogen-bond acceptors (Lipinski definition) is 7. The molecular weight excluding hydrogens is 528 g/mol. The van der Waals surface area contributed by atoms with Gasteiger partial charge in [-0.3, -0.25) is 4.79 Å². The molecule has 218 valence electrons. The quantitative estimate of drug-likeness (QED) is 0.389. The molecule has 2 rings (SSSR count). The fourth-order valence-electron chi connectivity index (χ4n) is 4.41. The van der Waals surface area contributed by atoms with Crippen molar-refractivity contribution in [3.05, 3.63) is 64.7 Å². The van der Waals surface area contributed by atoms with E-state index in [9.17, 15) is 33.8 Å². The third-order valence-electron chi connectivity index (χ3n) is 6.35. The Hall–Kier alpha value is -3.19. The normalized spacial score (nSPS) is 14.4. The number of hydrogen-bond donors (Lipinski definition) is 3. The third kappa shape index (κ3) is 7.94. The van der Waals surface area contributed by atoms with Crippen molar-refractivity contribution < 1.29 is 28.5 Å². The van der Waals surface area contributed by atoms with Crippen LogP contribution in [-0.4, -0.2) is 59.8 Å². The highest BCUT2D eigenvalue weighted by Crippen LogP contribution is 2.42. The highest BCUT2D eigenvalue weighted by atomic mass is 32.2. The third-order valence-corrected chi connectivity index (χ3v) is 8.22. The molecule has 2 aromatic carbocycles. The SMILES string of the molecule is CC(O)CN(CC(C)O)C(=O)c1ccc(S(=O)(=O)/C(=C\CC#N)c2cc(C(C)(C)C)c(O)c(C(C)(C)C)c2)cc1. The van der Waals surface area contributed by atoms with Crippen molar-refractivity contribution >= 4 is 20.6 Å². The Morgan fingerprint density at radius 3 is 1.75 bits per heavy atom. The van der Waals surface area contributed by atoms with Crippen LogP contribution < -0.4 is 0 Å². The van der Waals surface area contributed by atoms with Gasteiger partial charge in [-0.15, -0.1) is 0 Å². The summed E-state index contributed by atoms with van der Waals surface area (Å²) in [5.74, 6) is -0.336. The number of aromatic hydroxyl groups is 1. The number of benzene rings is 2. The van der Waals surface area contributed by atoms with Gasteiger partial charge in [0.1, 0.15) is 5.75 Å². The number of carbonyl (C=O) groups is 1. The number of carbonyl (C=O) groups excluding carboxylic acids is 1. The molecule has 0 fully saturated rings. The molecule has 2 atom stereocenters. The van der Waals surface area contributed by atoms with Crippen molar-refractivity contribution in [1.29, 1.82) is 5.26 Å². The Morgan fingerprint density at radius 1 is 0.925 bits per heavy atom. The molecule has 0 aromatic heterocycles. The van der Waals surface area contributed by atoms with Crippen LogP contribution in [0.1, 0.15) is 88.9 Å². The van der Waals surface area contributed by atoms with E-state index in [1.807, 2.05) is 47.6 Å². The summed E-state index contributed by atoms with van der Waals surface area (Å²) in [4.78, 5) is 14.2. The first-order chi connectivity index (χ1) is 18.3. The number of phenolic OH excluding ortho intramolecular Hbond substituents is 1. The maximum Gasteiger partial charge on any atom is 0.254 e. The largest absolute Gasteiger partial charge is 0.507 e.